The number of likely N-dealkylation sites (tertiary alicyclic amines) is 5. The van der Waals surface area contributed by atoms with Crippen LogP contribution in [0.4, 0.5) is 8.78 Å². The number of aliphatic hydroxyl groups excluding tert-OH is 1. The first kappa shape index (κ1) is 97.7. The topological polar surface area (TPSA) is 259 Å². The number of benzene rings is 7. The lowest BCUT2D eigenvalue weighted by Crippen LogP contribution is -2.48. The van der Waals surface area contributed by atoms with Gasteiger partial charge in [0, 0.05) is 195 Å². The van der Waals surface area contributed by atoms with Crippen LogP contribution in [0, 0.1) is 11.8 Å². The number of nitrogens with zero attached hydrogens (tertiary/aromatic N) is 15. The van der Waals surface area contributed by atoms with Crippen molar-refractivity contribution in [3.05, 3.63) is 355 Å². The van der Waals surface area contributed by atoms with Crippen molar-refractivity contribution in [2.75, 3.05) is 86.8 Å². The zero-order chi connectivity index (χ0) is 99.6. The molecule has 7 aromatic carbocycles. The first-order valence-corrected chi connectivity index (χ1v) is 49.1. The number of carbonyl (C=O) groups excluding carboxylic acids is 5. The molecule has 17 aromatic rings. The lowest BCUT2D eigenvalue weighted by molar-refractivity contribution is -0.0595. The SMILES string of the molecule is CC(C)(O)c1cccc(-n2ccc3cc(C(=O)N4CCCCC4)cnc32)c1.CC1CCN(C(=O)c2cnc3c(ccn3-c3cccc(C(C)O)c3)c2)CC1.COc1ccc(-n2ccc3cc(C(=O)N4CC(c5ccccc5)C4)cnc32)cc1.COc1ccc(-n2ccc3cc(C(=O)N4CCC(C(C)(F)F)CC4)cnc32)cc1.COc1ccc(-n2ccc3cc(C(=O)N4CCC(c5ccccc5)CC4)cnc32)cc1. The monoisotopic (exact) mass is 1920 g/mol. The zero-order valence-electron chi connectivity index (χ0n) is 81.8. The molecule has 0 radical (unpaired) electrons. The summed E-state index contributed by atoms with van der Waals surface area (Å²) in [5, 5.41) is 24.7. The lowest BCUT2D eigenvalue weighted by atomic mass is 9.89. The minimum absolute atomic E-state index is 0.0452. The minimum Gasteiger partial charge on any atom is -0.497 e. The van der Waals surface area contributed by atoms with Crippen molar-refractivity contribution in [3.63, 3.8) is 0 Å². The molecule has 5 aliphatic rings. The van der Waals surface area contributed by atoms with Gasteiger partial charge in [0.1, 0.15) is 45.5 Å². The van der Waals surface area contributed by atoms with Gasteiger partial charge in [-0.2, -0.15) is 0 Å². The molecule has 0 spiro atoms. The number of ether oxygens (including phenoxy) is 3. The van der Waals surface area contributed by atoms with Crippen LogP contribution < -0.4 is 14.2 Å². The standard InChI is InChI=1S/C26H25N3O2.C24H21N3O2.C22H23F2N3O2.2C22H25N3O2/c1-31-24-9-7-23(8-10-24)29-16-13-21-17-22(18-27-25(21)29)26(30)28-14-11-20(12-15-28)19-5-3-2-4-6-19;1-29-22-9-7-21(8-10-22)27-12-11-18-13-19(14-25-23(18)27)24(28)26-15-20(16-26)17-5-3-2-4-6-17;1-22(23,24)17-8-10-26(11-9-17)21(28)16-13-15-7-12-27(20(15)25-14-16)18-3-5-19(29-2)6-4-18;1-15-6-9-24(10-7-15)22(27)19-12-18-8-11-25(21(18)23-14-19)20-5-3-4-17(13-20)16(2)26;1-22(2,27)18-7-6-8-19(14-18)25-12-9-16-13-17(15-23-20(16)25)21(26)24-10-4-3-5-11-24/h2-10,13,16-18,20H,11-12,14-15H2,1H3;2-14,20H,15-16H2,1H3;3-7,12-14,17H,8-11H2,1-2H3;3-5,8,11-16,26H,6-7,9-10H2,1-2H3;6-9,12-15,27H,3-5,10-11H2,1-2H3. The van der Waals surface area contributed by atoms with Crippen LogP contribution in [-0.2, 0) is 5.60 Å². The highest BCUT2D eigenvalue weighted by Crippen LogP contribution is 2.38. The fourth-order valence-electron chi connectivity index (χ4n) is 19.5. The molecule has 1 unspecified atom stereocenters. The maximum Gasteiger partial charge on any atom is 0.255 e. The van der Waals surface area contributed by atoms with E-state index >= 15 is 0 Å². The second kappa shape index (κ2) is 43.3. The maximum absolute atomic E-state index is 13.5. The molecule has 0 aliphatic carbocycles. The summed E-state index contributed by atoms with van der Waals surface area (Å²) >= 11 is 0. The molecule has 0 saturated carbocycles. The van der Waals surface area contributed by atoms with E-state index < -0.39 is 23.5 Å². The summed E-state index contributed by atoms with van der Waals surface area (Å²) in [6, 6.07) is 79.3. The number of hydrogen-bond donors (Lipinski definition) is 2. The number of halogens is 2. The van der Waals surface area contributed by atoms with Gasteiger partial charge in [0.15, 0.2) is 0 Å². The van der Waals surface area contributed by atoms with E-state index in [9.17, 15) is 43.0 Å². The molecule has 0 bridgehead atoms. The second-order valence-electron chi connectivity index (χ2n) is 38.2. The van der Waals surface area contributed by atoms with Crippen LogP contribution in [0.2, 0.25) is 0 Å². The van der Waals surface area contributed by atoms with Crippen molar-refractivity contribution in [1.82, 2.24) is 72.3 Å². The average Bonchev–Trinajstić information content (AvgIpc) is 1.76. The lowest BCUT2D eigenvalue weighted by Gasteiger charge is -2.39. The van der Waals surface area contributed by atoms with Gasteiger partial charge in [0.05, 0.1) is 60.9 Å². The summed E-state index contributed by atoms with van der Waals surface area (Å²) in [6.07, 6.45) is 25.7. The second-order valence-corrected chi connectivity index (χ2v) is 38.2. The Bertz CT molecular complexity index is 7340. The van der Waals surface area contributed by atoms with Crippen LogP contribution >= 0.6 is 0 Å². The highest BCUT2D eigenvalue weighted by atomic mass is 19.3. The molecule has 5 saturated heterocycles. The van der Waals surface area contributed by atoms with E-state index in [0.717, 1.165) is 210 Å². The first-order chi connectivity index (χ1) is 69.3. The third-order valence-corrected chi connectivity index (χ3v) is 28.1. The Morgan fingerprint density at radius 1 is 0.350 bits per heavy atom. The number of fused-ring (bicyclic) bond motifs is 5. The highest BCUT2D eigenvalue weighted by Gasteiger charge is 2.39. The number of rotatable bonds is 18. The molecule has 5 aliphatic heterocycles. The third-order valence-electron chi connectivity index (χ3n) is 28.1. The van der Waals surface area contributed by atoms with Gasteiger partial charge in [-0.3, -0.25) is 24.0 Å². The summed E-state index contributed by atoms with van der Waals surface area (Å²) in [5.74, 6) is 0.795. The number of carbonyl (C=O) groups is 5. The Morgan fingerprint density at radius 3 is 1.01 bits per heavy atom. The van der Waals surface area contributed by atoms with Crippen LogP contribution in [0.5, 0.6) is 17.2 Å². The van der Waals surface area contributed by atoms with Crippen LogP contribution in [0.15, 0.2) is 305 Å². The van der Waals surface area contributed by atoms with E-state index in [2.05, 4.69) is 68.2 Å². The zero-order valence-corrected chi connectivity index (χ0v) is 81.8. The molecule has 10 aromatic heterocycles. The van der Waals surface area contributed by atoms with Gasteiger partial charge in [-0.15, -0.1) is 0 Å². The fraction of sp³-hybridized carbons (Fsp3) is 0.293. The van der Waals surface area contributed by atoms with Crippen LogP contribution in [-0.4, -0.2) is 205 Å². The number of methoxy groups -OCH3 is 3. The number of alkyl halides is 2. The molecular formula is C116H119F2N15O10. The molecule has 1 atom stereocenters. The highest BCUT2D eigenvalue weighted by molar-refractivity contribution is 6.01. The Morgan fingerprint density at radius 2 is 0.664 bits per heavy atom. The predicted molar refractivity (Wildman–Crippen MR) is 554 cm³/mol. The summed E-state index contributed by atoms with van der Waals surface area (Å²) in [4.78, 5) is 96.5. The fourth-order valence-corrected chi connectivity index (χ4v) is 19.5. The van der Waals surface area contributed by atoms with Crippen molar-refractivity contribution in [3.8, 4) is 45.7 Å². The Kier molecular flexibility index (Phi) is 29.6. The molecule has 143 heavy (non-hydrogen) atoms. The number of piperidine rings is 4. The summed E-state index contributed by atoms with van der Waals surface area (Å²) in [7, 11) is 4.93. The van der Waals surface area contributed by atoms with Gasteiger partial charge in [-0.25, -0.2) is 33.7 Å². The molecule has 25 nitrogen and oxygen atoms in total. The smallest absolute Gasteiger partial charge is 0.255 e. The van der Waals surface area contributed by atoms with Crippen molar-refractivity contribution in [1.29, 1.82) is 0 Å². The largest absolute Gasteiger partial charge is 0.497 e. The molecule has 732 valence electrons. The van der Waals surface area contributed by atoms with Crippen LogP contribution in [0.1, 0.15) is 184 Å². The van der Waals surface area contributed by atoms with E-state index in [1.807, 2.05) is 280 Å². The quantitative estimate of drug-likeness (QED) is 0.0809. The number of pyridine rings is 5. The summed E-state index contributed by atoms with van der Waals surface area (Å²) in [5.41, 5.74) is 15.4. The number of amides is 5. The van der Waals surface area contributed by atoms with Gasteiger partial charge in [-0.1, -0.05) is 91.9 Å². The Labute approximate surface area is 830 Å². The van der Waals surface area contributed by atoms with E-state index in [-0.39, 0.29) is 29.5 Å². The number of aromatic nitrogens is 10. The van der Waals surface area contributed by atoms with E-state index in [1.54, 1.807) is 78.0 Å². The summed E-state index contributed by atoms with van der Waals surface area (Å²) < 4.78 is 52.6. The molecular weight excluding hydrogens is 1800 g/mol. The molecule has 2 N–H and O–H groups in total. The van der Waals surface area contributed by atoms with Gasteiger partial charge in [0.25, 0.3) is 29.5 Å². The van der Waals surface area contributed by atoms with Crippen molar-refractivity contribution in [2.24, 2.45) is 11.8 Å². The normalized spacial score (nSPS) is 15.2. The summed E-state index contributed by atoms with van der Waals surface area (Å²) in [6.45, 7) is 15.6. The van der Waals surface area contributed by atoms with Crippen molar-refractivity contribution in [2.45, 2.75) is 122 Å². The minimum atomic E-state index is -2.69. The van der Waals surface area contributed by atoms with Gasteiger partial charge in [-0.05, 0) is 277 Å². The molecule has 22 rings (SSSR count). The van der Waals surface area contributed by atoms with Crippen molar-refractivity contribution < 1.29 is 57.2 Å². The average molecular weight is 1920 g/mol. The van der Waals surface area contributed by atoms with E-state index in [1.165, 1.54) is 17.5 Å². The molecule has 15 heterocycles. The molecule has 5 amide bonds. The van der Waals surface area contributed by atoms with Crippen LogP contribution in [0.25, 0.3) is 83.6 Å². The predicted octanol–water partition coefficient (Wildman–Crippen LogP) is 21.7. The Hall–Kier alpha value is -15.5. The molecule has 27 heteroatoms. The molecule has 5 fully saturated rings. The number of aliphatic hydroxyl groups is 2. The maximum atomic E-state index is 13.5. The Balaban J connectivity index is 0.000000118. The van der Waals surface area contributed by atoms with E-state index in [4.69, 9.17) is 14.2 Å². The van der Waals surface area contributed by atoms with Crippen molar-refractivity contribution >= 4 is 84.7 Å². The number of hydrogen-bond acceptors (Lipinski definition) is 15. The third kappa shape index (κ3) is 22.3. The van der Waals surface area contributed by atoms with Gasteiger partial charge in [0.2, 0.25) is 5.92 Å². The first-order valence-electron chi connectivity index (χ1n) is 49.1. The van der Waals surface area contributed by atoms with Gasteiger partial charge < -0.3 is 71.8 Å². The van der Waals surface area contributed by atoms with Gasteiger partial charge >= 0.3 is 0 Å². The van der Waals surface area contributed by atoms with E-state index in [0.29, 0.717) is 71.5 Å². The van der Waals surface area contributed by atoms with Crippen LogP contribution in [0.3, 0.4) is 0 Å².